The molecule has 2 aliphatic rings. The van der Waals surface area contributed by atoms with Crippen molar-refractivity contribution in [1.29, 1.82) is 0 Å². The number of phenols is 4. The van der Waals surface area contributed by atoms with Gasteiger partial charge in [-0.3, -0.25) is 4.79 Å². The normalized spacial score (nSPS) is 20.9. The second-order valence-corrected chi connectivity index (χ2v) is 7.96. The summed E-state index contributed by atoms with van der Waals surface area (Å²) in [6.07, 6.45) is 3.14. The molecule has 3 heterocycles. The highest BCUT2D eigenvalue weighted by atomic mass is 16.6. The van der Waals surface area contributed by atoms with E-state index in [1.165, 1.54) is 48.6 Å². The van der Waals surface area contributed by atoms with Crippen molar-refractivity contribution in [3.63, 3.8) is 0 Å². The Hall–Kier alpha value is -4.66. The van der Waals surface area contributed by atoms with Gasteiger partial charge in [0, 0.05) is 17.7 Å². The van der Waals surface area contributed by atoms with Crippen molar-refractivity contribution in [2.75, 3.05) is 0 Å². The Labute approximate surface area is 192 Å². The van der Waals surface area contributed by atoms with Gasteiger partial charge in [0.25, 0.3) is 0 Å². The molecule has 2 aromatic carbocycles. The van der Waals surface area contributed by atoms with Gasteiger partial charge >= 0.3 is 5.63 Å². The molecule has 0 fully saturated rings. The molecule has 34 heavy (non-hydrogen) atoms. The van der Waals surface area contributed by atoms with E-state index in [1.807, 2.05) is 0 Å². The van der Waals surface area contributed by atoms with Crippen LogP contribution in [0, 0.1) is 0 Å². The summed E-state index contributed by atoms with van der Waals surface area (Å²) >= 11 is 0. The third-order valence-corrected chi connectivity index (χ3v) is 5.68. The molecule has 4 N–H and O–H groups in total. The molecule has 1 aromatic heterocycles. The molecule has 0 saturated carbocycles. The van der Waals surface area contributed by atoms with Crippen LogP contribution in [0.25, 0.3) is 12.2 Å². The number of hydrogen-bond acceptors (Lipinski definition) is 9. The van der Waals surface area contributed by atoms with E-state index in [1.54, 1.807) is 19.1 Å². The molecule has 172 valence electrons. The second kappa shape index (κ2) is 7.45. The van der Waals surface area contributed by atoms with Crippen LogP contribution in [0.4, 0.5) is 0 Å². The van der Waals surface area contributed by atoms with Crippen molar-refractivity contribution in [2.45, 2.75) is 18.6 Å². The van der Waals surface area contributed by atoms with Crippen molar-refractivity contribution in [1.82, 2.24) is 0 Å². The number of carbonyl (C=O) groups excluding carboxylic acids is 1. The minimum Gasteiger partial charge on any atom is -0.504 e. The van der Waals surface area contributed by atoms with Gasteiger partial charge in [0.15, 0.2) is 29.1 Å². The standard InChI is InChI=1S/C25H18O9/c1-12-8-21(30)25(34-12)22-20(33-23(25)14-4-7-17(27)19(29)10-14)11-15(32-24(22)31)5-2-13-3-6-16(26)18(28)9-13/h2-11,23,26-29H,1H3/t23-,25-/m1/s1. The van der Waals surface area contributed by atoms with Gasteiger partial charge in [0.05, 0.1) is 5.76 Å². The summed E-state index contributed by atoms with van der Waals surface area (Å²) in [6, 6.07) is 9.56. The number of benzene rings is 2. The van der Waals surface area contributed by atoms with Crippen molar-refractivity contribution < 1.29 is 39.1 Å². The topological polar surface area (TPSA) is 147 Å². The minimum atomic E-state index is -1.84. The fraction of sp³-hybridized carbons (Fsp3) is 0.120. The predicted molar refractivity (Wildman–Crippen MR) is 118 cm³/mol. The Morgan fingerprint density at radius 2 is 1.59 bits per heavy atom. The van der Waals surface area contributed by atoms with E-state index in [0.717, 1.165) is 0 Å². The lowest BCUT2D eigenvalue weighted by atomic mass is 9.84. The first-order valence-corrected chi connectivity index (χ1v) is 10.2. The highest BCUT2D eigenvalue weighted by Gasteiger charge is 2.61. The molecular weight excluding hydrogens is 444 g/mol. The van der Waals surface area contributed by atoms with Gasteiger partial charge < -0.3 is 34.3 Å². The number of phenolic OH excluding ortho intramolecular Hbond substituents is 4. The highest BCUT2D eigenvalue weighted by Crippen LogP contribution is 2.54. The number of aromatic hydroxyl groups is 4. The first kappa shape index (κ1) is 21.2. The van der Waals surface area contributed by atoms with Gasteiger partial charge in [-0.15, -0.1) is 0 Å². The molecule has 5 rings (SSSR count). The van der Waals surface area contributed by atoms with Gasteiger partial charge in [-0.2, -0.15) is 0 Å². The van der Waals surface area contributed by atoms with Crippen LogP contribution in [0.5, 0.6) is 28.7 Å². The van der Waals surface area contributed by atoms with Gasteiger partial charge in [-0.25, -0.2) is 4.79 Å². The number of hydrogen-bond donors (Lipinski definition) is 4. The second-order valence-electron chi connectivity index (χ2n) is 7.96. The smallest absolute Gasteiger partial charge is 0.347 e. The maximum Gasteiger partial charge on any atom is 0.347 e. The van der Waals surface area contributed by atoms with E-state index < -0.39 is 28.9 Å². The zero-order valence-corrected chi connectivity index (χ0v) is 17.7. The third kappa shape index (κ3) is 3.17. The number of rotatable bonds is 3. The van der Waals surface area contributed by atoms with Crippen molar-refractivity contribution in [3.8, 4) is 28.7 Å². The van der Waals surface area contributed by atoms with E-state index >= 15 is 0 Å². The average Bonchev–Trinajstić information content (AvgIpc) is 3.27. The average molecular weight is 462 g/mol. The van der Waals surface area contributed by atoms with E-state index in [9.17, 15) is 30.0 Å². The molecule has 0 unspecified atom stereocenters. The summed E-state index contributed by atoms with van der Waals surface area (Å²) in [5.41, 5.74) is -1.95. The lowest BCUT2D eigenvalue weighted by molar-refractivity contribution is -0.139. The Morgan fingerprint density at radius 3 is 2.24 bits per heavy atom. The van der Waals surface area contributed by atoms with Crippen LogP contribution in [0.15, 0.2) is 63.5 Å². The van der Waals surface area contributed by atoms with Crippen molar-refractivity contribution in [2.24, 2.45) is 0 Å². The fourth-order valence-corrected chi connectivity index (χ4v) is 4.15. The summed E-state index contributed by atoms with van der Waals surface area (Å²) < 4.78 is 17.3. The zero-order chi connectivity index (χ0) is 24.2. The van der Waals surface area contributed by atoms with Crippen LogP contribution in [-0.4, -0.2) is 26.2 Å². The van der Waals surface area contributed by atoms with Crippen LogP contribution >= 0.6 is 0 Å². The van der Waals surface area contributed by atoms with Crippen LogP contribution in [-0.2, 0) is 15.1 Å². The first-order valence-electron chi connectivity index (χ1n) is 10.2. The molecule has 1 spiro atoms. The fourth-order valence-electron chi connectivity index (χ4n) is 4.15. The summed E-state index contributed by atoms with van der Waals surface area (Å²) in [5.74, 6) is -1.40. The summed E-state index contributed by atoms with van der Waals surface area (Å²) in [6.45, 7) is 1.57. The number of ketones is 1. The molecule has 0 radical (unpaired) electrons. The lowest BCUT2D eigenvalue weighted by Gasteiger charge is -2.28. The van der Waals surface area contributed by atoms with Crippen LogP contribution < -0.4 is 10.4 Å². The molecule has 2 aliphatic heterocycles. The zero-order valence-electron chi connectivity index (χ0n) is 17.7. The minimum absolute atomic E-state index is 0.0680. The summed E-state index contributed by atoms with van der Waals surface area (Å²) in [7, 11) is 0. The SMILES string of the molecule is CC1=CC(=O)[C@@]2(O1)c1c(cc(C=Cc3ccc(O)c(O)c3)oc1=O)O[C@@H]2c1ccc(O)c(O)c1. The Kier molecular flexibility index (Phi) is 4.64. The van der Waals surface area contributed by atoms with E-state index in [0.29, 0.717) is 11.1 Å². The molecular formula is C25H18O9. The Balaban J connectivity index is 1.60. The van der Waals surface area contributed by atoms with Crippen molar-refractivity contribution in [3.05, 3.63) is 87.2 Å². The molecule has 9 nitrogen and oxygen atoms in total. The molecule has 0 bridgehead atoms. The molecule has 0 amide bonds. The molecule has 0 aliphatic carbocycles. The molecule has 9 heteroatoms. The molecule has 0 saturated heterocycles. The van der Waals surface area contributed by atoms with E-state index in [2.05, 4.69) is 0 Å². The van der Waals surface area contributed by atoms with Gasteiger partial charge in [-0.1, -0.05) is 18.2 Å². The monoisotopic (exact) mass is 462 g/mol. The predicted octanol–water partition coefficient (Wildman–Crippen LogP) is 3.46. The van der Waals surface area contributed by atoms with Crippen molar-refractivity contribution >= 4 is 17.9 Å². The van der Waals surface area contributed by atoms with E-state index in [4.69, 9.17) is 13.9 Å². The van der Waals surface area contributed by atoms with Gasteiger partial charge in [-0.05, 0) is 42.8 Å². The number of fused-ring (bicyclic) bond motifs is 2. The number of ether oxygens (including phenoxy) is 2. The van der Waals surface area contributed by atoms with Crippen LogP contribution in [0.2, 0.25) is 0 Å². The summed E-state index contributed by atoms with van der Waals surface area (Å²) in [5, 5.41) is 38.7. The van der Waals surface area contributed by atoms with Gasteiger partial charge in [0.1, 0.15) is 17.1 Å². The summed E-state index contributed by atoms with van der Waals surface area (Å²) in [4.78, 5) is 26.1. The number of carbonyl (C=O) groups is 1. The Morgan fingerprint density at radius 1 is 0.882 bits per heavy atom. The molecule has 3 aromatic rings. The first-order chi connectivity index (χ1) is 16.2. The quantitative estimate of drug-likeness (QED) is 0.430. The highest BCUT2D eigenvalue weighted by molar-refractivity contribution is 6.02. The largest absolute Gasteiger partial charge is 0.504 e. The lowest BCUT2D eigenvalue weighted by Crippen LogP contribution is -2.41. The maximum atomic E-state index is 13.1. The maximum absolute atomic E-state index is 13.1. The van der Waals surface area contributed by atoms with Crippen LogP contribution in [0.1, 0.15) is 35.5 Å². The van der Waals surface area contributed by atoms with Gasteiger partial charge in [0.2, 0.25) is 11.4 Å². The van der Waals surface area contributed by atoms with E-state index in [-0.39, 0.29) is 40.1 Å². The van der Waals surface area contributed by atoms with Crippen LogP contribution in [0.3, 0.4) is 0 Å². The molecule has 2 atom stereocenters. The number of allylic oxidation sites excluding steroid dienone is 1. The third-order valence-electron chi connectivity index (χ3n) is 5.68. The Bertz CT molecular complexity index is 1460.